The molecular formula is C14H14BrFN2S. The van der Waals surface area contributed by atoms with Crippen LogP contribution >= 0.6 is 27.3 Å². The largest absolute Gasteiger partial charge is 0.314 e. The number of benzene rings is 1. The molecule has 1 fully saturated rings. The van der Waals surface area contributed by atoms with Crippen LogP contribution in [-0.4, -0.2) is 17.6 Å². The summed E-state index contributed by atoms with van der Waals surface area (Å²) in [6.45, 7) is 1.12. The van der Waals surface area contributed by atoms with Crippen molar-refractivity contribution in [2.45, 2.75) is 25.3 Å². The second kappa shape index (κ2) is 5.69. The maximum Gasteiger partial charge on any atom is 0.124 e. The van der Waals surface area contributed by atoms with Gasteiger partial charge in [-0.05, 0) is 53.5 Å². The average Bonchev–Trinajstić information content (AvgIpc) is 3.01. The fraction of sp³-hybridized carbons (Fsp3) is 0.357. The molecule has 2 nitrogen and oxygen atoms in total. The minimum Gasteiger partial charge on any atom is -0.314 e. The highest BCUT2D eigenvalue weighted by Crippen LogP contribution is 2.30. The van der Waals surface area contributed by atoms with E-state index in [-0.39, 0.29) is 5.82 Å². The van der Waals surface area contributed by atoms with Gasteiger partial charge < -0.3 is 5.32 Å². The molecule has 1 N–H and O–H groups in total. The van der Waals surface area contributed by atoms with Crippen LogP contribution in [0.5, 0.6) is 0 Å². The molecule has 0 radical (unpaired) electrons. The van der Waals surface area contributed by atoms with Crippen LogP contribution in [0.3, 0.4) is 0 Å². The van der Waals surface area contributed by atoms with Crippen molar-refractivity contribution in [2.75, 3.05) is 6.54 Å². The summed E-state index contributed by atoms with van der Waals surface area (Å²) in [6, 6.07) is 5.28. The fourth-order valence-electron chi connectivity index (χ4n) is 2.37. The summed E-state index contributed by atoms with van der Waals surface area (Å²) in [5.41, 5.74) is 1.87. The molecule has 1 atom stereocenters. The number of rotatable bonds is 3. The van der Waals surface area contributed by atoms with Gasteiger partial charge in [-0.2, -0.15) is 0 Å². The third kappa shape index (κ3) is 3.04. The predicted molar refractivity (Wildman–Crippen MR) is 79.9 cm³/mol. The van der Waals surface area contributed by atoms with E-state index in [1.807, 2.05) is 5.38 Å². The highest BCUT2D eigenvalue weighted by atomic mass is 79.9. The van der Waals surface area contributed by atoms with Crippen LogP contribution in [0.15, 0.2) is 28.1 Å². The summed E-state index contributed by atoms with van der Waals surface area (Å²) in [5.74, 6) is -0.235. The summed E-state index contributed by atoms with van der Waals surface area (Å²) in [6.07, 6.45) is 3.48. The Hall–Kier alpha value is -0.780. The third-order valence-corrected chi connectivity index (χ3v) is 4.87. The van der Waals surface area contributed by atoms with Gasteiger partial charge in [0.05, 0.1) is 10.7 Å². The van der Waals surface area contributed by atoms with Crippen molar-refractivity contribution in [2.24, 2.45) is 0 Å². The summed E-state index contributed by atoms with van der Waals surface area (Å²) in [4.78, 5) is 4.66. The molecule has 3 rings (SSSR count). The third-order valence-electron chi connectivity index (χ3n) is 3.34. The van der Waals surface area contributed by atoms with Gasteiger partial charge in [0, 0.05) is 27.9 Å². The average molecular weight is 341 g/mol. The van der Waals surface area contributed by atoms with Crippen LogP contribution in [0.4, 0.5) is 4.39 Å². The zero-order valence-electron chi connectivity index (χ0n) is 10.3. The molecule has 100 valence electrons. The molecule has 0 saturated carbocycles. The van der Waals surface area contributed by atoms with Crippen molar-refractivity contribution >= 4 is 27.3 Å². The number of hydrogen-bond acceptors (Lipinski definition) is 3. The molecule has 19 heavy (non-hydrogen) atoms. The summed E-state index contributed by atoms with van der Waals surface area (Å²) < 4.78 is 13.8. The molecule has 1 aliphatic rings. The topological polar surface area (TPSA) is 24.9 Å². The Morgan fingerprint density at radius 3 is 3.11 bits per heavy atom. The van der Waals surface area contributed by atoms with Crippen LogP contribution in [-0.2, 0) is 6.42 Å². The number of hydrogen-bond donors (Lipinski definition) is 1. The molecule has 1 aliphatic heterocycles. The predicted octanol–water partition coefficient (Wildman–Crippen LogP) is 4.01. The van der Waals surface area contributed by atoms with Crippen LogP contribution in [0, 0.1) is 5.82 Å². The van der Waals surface area contributed by atoms with Crippen LogP contribution in [0.2, 0.25) is 0 Å². The Balaban J connectivity index is 1.80. The van der Waals surface area contributed by atoms with Gasteiger partial charge in [-0.3, -0.25) is 0 Å². The Morgan fingerprint density at radius 2 is 2.37 bits per heavy atom. The summed E-state index contributed by atoms with van der Waals surface area (Å²) in [7, 11) is 0. The standard InChI is InChI=1S/C14H14BrFN2S/c15-12-6-9(16)3-4-11(12)13-8-19-14(18-13)7-10-2-1-5-17-10/h3-4,6,8,10,17H,1-2,5,7H2. The zero-order chi connectivity index (χ0) is 13.2. The summed E-state index contributed by atoms with van der Waals surface area (Å²) in [5, 5.41) is 6.67. The SMILES string of the molecule is Fc1ccc(-c2csc(CC3CCCN3)n2)c(Br)c1. The van der Waals surface area contributed by atoms with E-state index in [9.17, 15) is 4.39 Å². The molecule has 1 aromatic carbocycles. The lowest BCUT2D eigenvalue weighted by atomic mass is 10.1. The minimum absolute atomic E-state index is 0.235. The second-order valence-corrected chi connectivity index (χ2v) is 6.55. The van der Waals surface area contributed by atoms with Gasteiger partial charge in [-0.15, -0.1) is 11.3 Å². The van der Waals surface area contributed by atoms with Crippen molar-refractivity contribution in [1.29, 1.82) is 0 Å². The molecule has 1 unspecified atom stereocenters. The lowest BCUT2D eigenvalue weighted by Crippen LogP contribution is -2.23. The van der Waals surface area contributed by atoms with Crippen molar-refractivity contribution in [3.63, 3.8) is 0 Å². The first-order valence-electron chi connectivity index (χ1n) is 6.35. The van der Waals surface area contributed by atoms with Crippen LogP contribution < -0.4 is 5.32 Å². The Kier molecular flexibility index (Phi) is 3.96. The van der Waals surface area contributed by atoms with E-state index in [1.54, 1.807) is 17.4 Å². The van der Waals surface area contributed by atoms with Gasteiger partial charge >= 0.3 is 0 Å². The lowest BCUT2D eigenvalue weighted by Gasteiger charge is -2.06. The van der Waals surface area contributed by atoms with Gasteiger partial charge in [0.2, 0.25) is 0 Å². The van der Waals surface area contributed by atoms with Gasteiger partial charge in [0.15, 0.2) is 0 Å². The van der Waals surface area contributed by atoms with E-state index in [0.717, 1.165) is 33.7 Å². The summed E-state index contributed by atoms with van der Waals surface area (Å²) >= 11 is 5.07. The highest BCUT2D eigenvalue weighted by molar-refractivity contribution is 9.10. The van der Waals surface area contributed by atoms with Crippen LogP contribution in [0.25, 0.3) is 11.3 Å². The van der Waals surface area contributed by atoms with Crippen molar-refractivity contribution in [1.82, 2.24) is 10.3 Å². The zero-order valence-corrected chi connectivity index (χ0v) is 12.7. The molecular weight excluding hydrogens is 327 g/mol. The first-order chi connectivity index (χ1) is 9.22. The molecule has 2 aromatic rings. The van der Waals surface area contributed by atoms with Gasteiger partial charge in [0.1, 0.15) is 5.82 Å². The number of thiazole rings is 1. The van der Waals surface area contributed by atoms with E-state index in [1.165, 1.54) is 25.0 Å². The molecule has 2 heterocycles. The molecule has 0 spiro atoms. The Bertz CT molecular complexity index is 579. The Morgan fingerprint density at radius 1 is 1.47 bits per heavy atom. The molecule has 0 amide bonds. The van der Waals surface area contributed by atoms with E-state index < -0.39 is 0 Å². The van der Waals surface area contributed by atoms with E-state index in [4.69, 9.17) is 0 Å². The quantitative estimate of drug-likeness (QED) is 0.913. The van der Waals surface area contributed by atoms with E-state index in [0.29, 0.717) is 6.04 Å². The Labute approximate surface area is 124 Å². The van der Waals surface area contributed by atoms with Gasteiger partial charge in [-0.1, -0.05) is 0 Å². The first-order valence-corrected chi connectivity index (χ1v) is 8.03. The maximum atomic E-state index is 13.1. The van der Waals surface area contributed by atoms with E-state index in [2.05, 4.69) is 26.2 Å². The second-order valence-electron chi connectivity index (χ2n) is 4.75. The fourth-order valence-corrected chi connectivity index (χ4v) is 3.80. The molecule has 1 aromatic heterocycles. The van der Waals surface area contributed by atoms with Crippen molar-refractivity contribution < 1.29 is 4.39 Å². The number of nitrogens with one attached hydrogen (secondary N) is 1. The highest BCUT2D eigenvalue weighted by Gasteiger charge is 2.17. The minimum atomic E-state index is -0.235. The lowest BCUT2D eigenvalue weighted by molar-refractivity contribution is 0.601. The van der Waals surface area contributed by atoms with E-state index >= 15 is 0 Å². The van der Waals surface area contributed by atoms with Crippen molar-refractivity contribution in [3.05, 3.63) is 38.9 Å². The molecule has 0 bridgehead atoms. The van der Waals surface area contributed by atoms with Gasteiger partial charge in [-0.25, -0.2) is 9.37 Å². The number of halogens is 2. The maximum absolute atomic E-state index is 13.1. The smallest absolute Gasteiger partial charge is 0.124 e. The monoisotopic (exact) mass is 340 g/mol. The molecule has 0 aliphatic carbocycles. The first kappa shape index (κ1) is 13.2. The molecule has 5 heteroatoms. The normalized spacial score (nSPS) is 18.9. The molecule has 1 saturated heterocycles. The van der Waals surface area contributed by atoms with Crippen molar-refractivity contribution in [3.8, 4) is 11.3 Å². The number of nitrogens with zero attached hydrogens (tertiary/aromatic N) is 1. The van der Waals surface area contributed by atoms with Gasteiger partial charge in [0.25, 0.3) is 0 Å². The van der Waals surface area contributed by atoms with Crippen LogP contribution in [0.1, 0.15) is 17.8 Å². The number of aromatic nitrogens is 1.